The molecule has 0 radical (unpaired) electrons. The highest BCUT2D eigenvalue weighted by Crippen LogP contribution is 2.21. The highest BCUT2D eigenvalue weighted by molar-refractivity contribution is 5.95. The molecule has 0 fully saturated rings. The fourth-order valence-corrected chi connectivity index (χ4v) is 2.51. The van der Waals surface area contributed by atoms with Crippen molar-refractivity contribution in [3.05, 3.63) is 42.1 Å². The number of hydrogen-bond donors (Lipinski definition) is 2. The molecular weight excluding hydrogens is 280 g/mol. The Morgan fingerprint density at radius 3 is 2.45 bits per heavy atom. The average molecular weight is 300 g/mol. The zero-order chi connectivity index (χ0) is 16.2. The van der Waals surface area contributed by atoms with Crippen molar-refractivity contribution in [2.45, 2.75) is 38.6 Å². The summed E-state index contributed by atoms with van der Waals surface area (Å²) < 4.78 is 0. The fourth-order valence-electron chi connectivity index (χ4n) is 2.51. The molecule has 2 N–H and O–H groups in total. The highest BCUT2D eigenvalue weighted by Gasteiger charge is 2.31. The maximum absolute atomic E-state index is 12.4. The van der Waals surface area contributed by atoms with Gasteiger partial charge in [0.15, 0.2) is 0 Å². The fraction of sp³-hybridized carbons (Fsp3) is 0.353. The zero-order valence-corrected chi connectivity index (χ0v) is 12.8. The van der Waals surface area contributed by atoms with Crippen molar-refractivity contribution in [3.8, 4) is 0 Å². The topological polar surface area (TPSA) is 79.3 Å². The number of fused-ring (bicyclic) bond motifs is 1. The maximum Gasteiger partial charge on any atom is 0.305 e. The van der Waals surface area contributed by atoms with Gasteiger partial charge in [0.1, 0.15) is 5.69 Å². The number of carboxylic acid groups (broad SMARTS) is 1. The summed E-state index contributed by atoms with van der Waals surface area (Å²) in [7, 11) is 0. The summed E-state index contributed by atoms with van der Waals surface area (Å²) in [5, 5.41) is 12.9. The summed E-state index contributed by atoms with van der Waals surface area (Å²) in [6.07, 6.45) is 1.00. The molecule has 116 valence electrons. The van der Waals surface area contributed by atoms with Crippen LogP contribution in [0.2, 0.25) is 0 Å². The summed E-state index contributed by atoms with van der Waals surface area (Å²) in [5.74, 6) is -1.26. The van der Waals surface area contributed by atoms with E-state index in [9.17, 15) is 9.59 Å². The van der Waals surface area contributed by atoms with Crippen molar-refractivity contribution < 1.29 is 14.7 Å². The number of aliphatic carboxylic acids is 1. The van der Waals surface area contributed by atoms with Gasteiger partial charge in [-0.25, -0.2) is 4.98 Å². The molecule has 2 rings (SSSR count). The number of nitrogens with one attached hydrogen (secondary N) is 1. The molecule has 0 saturated heterocycles. The van der Waals surface area contributed by atoms with E-state index in [1.807, 2.05) is 44.2 Å². The van der Waals surface area contributed by atoms with Gasteiger partial charge in [0.05, 0.1) is 17.5 Å². The van der Waals surface area contributed by atoms with Crippen LogP contribution in [-0.2, 0) is 4.79 Å². The first-order valence-corrected chi connectivity index (χ1v) is 7.40. The van der Waals surface area contributed by atoms with Crippen LogP contribution in [0, 0.1) is 0 Å². The molecule has 0 bridgehead atoms. The lowest BCUT2D eigenvalue weighted by molar-refractivity contribution is -0.138. The van der Waals surface area contributed by atoms with Crippen LogP contribution in [-0.4, -0.2) is 27.5 Å². The van der Waals surface area contributed by atoms with Crippen LogP contribution < -0.4 is 5.32 Å². The van der Waals surface area contributed by atoms with E-state index in [0.29, 0.717) is 18.5 Å². The van der Waals surface area contributed by atoms with Gasteiger partial charge in [0, 0.05) is 5.39 Å². The molecule has 0 atom stereocenters. The minimum Gasteiger partial charge on any atom is -0.481 e. The number of amides is 1. The van der Waals surface area contributed by atoms with Crippen LogP contribution in [0.25, 0.3) is 10.9 Å². The number of pyridine rings is 1. The van der Waals surface area contributed by atoms with E-state index in [4.69, 9.17) is 5.11 Å². The quantitative estimate of drug-likeness (QED) is 0.859. The van der Waals surface area contributed by atoms with Crippen LogP contribution in [0.15, 0.2) is 36.4 Å². The standard InChI is InChI=1S/C17H20N2O3/c1-3-17(4-2,11-15(20)21)19-16(22)14-10-9-12-7-5-6-8-13(12)18-14/h5-10H,3-4,11H2,1-2H3,(H,19,22)(H,20,21). The van der Waals surface area contributed by atoms with E-state index in [2.05, 4.69) is 10.3 Å². The summed E-state index contributed by atoms with van der Waals surface area (Å²) in [6, 6.07) is 11.1. The lowest BCUT2D eigenvalue weighted by Crippen LogP contribution is -2.49. The monoisotopic (exact) mass is 300 g/mol. The van der Waals surface area contributed by atoms with Gasteiger partial charge in [-0.15, -0.1) is 0 Å². The Morgan fingerprint density at radius 1 is 1.14 bits per heavy atom. The first-order chi connectivity index (χ1) is 10.5. The van der Waals surface area contributed by atoms with Gasteiger partial charge >= 0.3 is 5.97 Å². The number of benzene rings is 1. The molecule has 1 aromatic heterocycles. The molecule has 1 aromatic carbocycles. The van der Waals surface area contributed by atoms with E-state index < -0.39 is 11.5 Å². The molecular formula is C17H20N2O3. The summed E-state index contributed by atoms with van der Waals surface area (Å²) in [4.78, 5) is 27.8. The molecule has 0 saturated carbocycles. The van der Waals surface area contributed by atoms with Crippen LogP contribution in [0.3, 0.4) is 0 Å². The predicted molar refractivity (Wildman–Crippen MR) is 84.8 cm³/mol. The normalized spacial score (nSPS) is 11.4. The first-order valence-electron chi connectivity index (χ1n) is 7.40. The number of hydrogen-bond acceptors (Lipinski definition) is 3. The number of rotatable bonds is 6. The van der Waals surface area contributed by atoms with Gasteiger partial charge in [-0.1, -0.05) is 38.1 Å². The molecule has 0 aliphatic heterocycles. The molecule has 5 nitrogen and oxygen atoms in total. The molecule has 1 amide bonds. The number of para-hydroxylation sites is 1. The Morgan fingerprint density at radius 2 is 1.82 bits per heavy atom. The second-order valence-electron chi connectivity index (χ2n) is 5.40. The summed E-state index contributed by atoms with van der Waals surface area (Å²) in [5.41, 5.74) is 0.304. The second kappa shape index (κ2) is 6.56. The van der Waals surface area contributed by atoms with Crippen molar-refractivity contribution in [1.82, 2.24) is 10.3 Å². The number of aromatic nitrogens is 1. The van der Waals surface area contributed by atoms with Crippen LogP contribution in [0.1, 0.15) is 43.6 Å². The average Bonchev–Trinajstić information content (AvgIpc) is 2.53. The van der Waals surface area contributed by atoms with E-state index in [1.54, 1.807) is 6.07 Å². The minimum absolute atomic E-state index is 0.0979. The maximum atomic E-state index is 12.4. The molecule has 5 heteroatoms. The van der Waals surface area contributed by atoms with Gasteiger partial charge in [-0.3, -0.25) is 9.59 Å². The van der Waals surface area contributed by atoms with Gasteiger partial charge in [-0.05, 0) is 25.0 Å². The molecule has 0 unspecified atom stereocenters. The Kier molecular flexibility index (Phi) is 4.75. The number of carbonyl (C=O) groups is 2. The van der Waals surface area contributed by atoms with Crippen molar-refractivity contribution in [2.75, 3.05) is 0 Å². The van der Waals surface area contributed by atoms with E-state index in [0.717, 1.165) is 10.9 Å². The van der Waals surface area contributed by atoms with Crippen molar-refractivity contribution in [2.24, 2.45) is 0 Å². The minimum atomic E-state index is -0.921. The van der Waals surface area contributed by atoms with Crippen LogP contribution in [0.5, 0.6) is 0 Å². The predicted octanol–water partition coefficient (Wildman–Crippen LogP) is 3.00. The lowest BCUT2D eigenvalue weighted by Gasteiger charge is -2.31. The molecule has 0 spiro atoms. The smallest absolute Gasteiger partial charge is 0.305 e. The van der Waals surface area contributed by atoms with E-state index in [1.165, 1.54) is 0 Å². The van der Waals surface area contributed by atoms with Crippen LogP contribution >= 0.6 is 0 Å². The third-order valence-electron chi connectivity index (χ3n) is 4.05. The third kappa shape index (κ3) is 3.42. The van der Waals surface area contributed by atoms with Gasteiger partial charge in [0.2, 0.25) is 0 Å². The largest absolute Gasteiger partial charge is 0.481 e. The number of nitrogens with zero attached hydrogens (tertiary/aromatic N) is 1. The van der Waals surface area contributed by atoms with Gasteiger partial charge in [0.25, 0.3) is 5.91 Å². The highest BCUT2D eigenvalue weighted by atomic mass is 16.4. The van der Waals surface area contributed by atoms with Crippen molar-refractivity contribution in [3.63, 3.8) is 0 Å². The summed E-state index contributed by atoms with van der Waals surface area (Å²) in [6.45, 7) is 3.75. The zero-order valence-electron chi connectivity index (χ0n) is 12.8. The van der Waals surface area contributed by atoms with Gasteiger partial charge < -0.3 is 10.4 Å². The van der Waals surface area contributed by atoms with Crippen LogP contribution in [0.4, 0.5) is 0 Å². The molecule has 22 heavy (non-hydrogen) atoms. The second-order valence-corrected chi connectivity index (χ2v) is 5.40. The van der Waals surface area contributed by atoms with Crippen molar-refractivity contribution in [1.29, 1.82) is 0 Å². The number of carboxylic acids is 1. The number of carbonyl (C=O) groups excluding carboxylic acids is 1. The molecule has 2 aromatic rings. The Labute approximate surface area is 129 Å². The first kappa shape index (κ1) is 15.9. The molecule has 0 aliphatic carbocycles. The SMILES string of the molecule is CCC(CC)(CC(=O)O)NC(=O)c1ccc2ccccc2n1. The van der Waals surface area contributed by atoms with Gasteiger partial charge in [-0.2, -0.15) is 0 Å². The Bertz CT molecular complexity index is 693. The van der Waals surface area contributed by atoms with E-state index >= 15 is 0 Å². The lowest BCUT2D eigenvalue weighted by atomic mass is 9.88. The van der Waals surface area contributed by atoms with E-state index in [-0.39, 0.29) is 12.3 Å². The summed E-state index contributed by atoms with van der Waals surface area (Å²) >= 11 is 0. The Balaban J connectivity index is 2.26. The third-order valence-corrected chi connectivity index (χ3v) is 4.05. The molecule has 0 aliphatic rings. The Hall–Kier alpha value is -2.43. The van der Waals surface area contributed by atoms with Crippen molar-refractivity contribution >= 4 is 22.8 Å². The molecule has 1 heterocycles.